The van der Waals surface area contributed by atoms with Crippen LogP contribution in [0.3, 0.4) is 0 Å². The van der Waals surface area contributed by atoms with Crippen molar-refractivity contribution in [1.82, 2.24) is 5.32 Å². The normalized spacial score (nSPS) is 11.8. The Morgan fingerprint density at radius 3 is 2.47 bits per heavy atom. The Hall–Kier alpha value is -1.10. The summed E-state index contributed by atoms with van der Waals surface area (Å²) in [6, 6.07) is 2.41. The summed E-state index contributed by atoms with van der Waals surface area (Å²) in [4.78, 5) is 0. The van der Waals surface area contributed by atoms with Crippen molar-refractivity contribution in [1.29, 1.82) is 0 Å². The number of hydrogen-bond donors (Lipinski definition) is 1. The molecule has 0 aliphatic heterocycles. The maximum atomic E-state index is 13.1. The molecule has 1 rings (SSSR count). The Bertz CT molecular complexity index is 333. The molecule has 0 aliphatic rings. The van der Waals surface area contributed by atoms with Gasteiger partial charge in [0, 0.05) is 12.1 Å². The van der Waals surface area contributed by atoms with Crippen molar-refractivity contribution in [2.45, 2.75) is 19.6 Å². The minimum Gasteiger partial charge on any atom is -0.313 e. The molecule has 15 heavy (non-hydrogen) atoms. The van der Waals surface area contributed by atoms with Crippen LogP contribution in [0.5, 0.6) is 0 Å². The van der Waals surface area contributed by atoms with Crippen LogP contribution < -0.4 is 5.32 Å². The zero-order valence-electron chi connectivity index (χ0n) is 8.16. The summed E-state index contributed by atoms with van der Waals surface area (Å²) in [5.41, 5.74) is -0.788. The highest BCUT2D eigenvalue weighted by molar-refractivity contribution is 5.27. The van der Waals surface area contributed by atoms with E-state index in [1.807, 2.05) is 0 Å². The fourth-order valence-electron chi connectivity index (χ4n) is 1.15. The molecule has 0 fully saturated rings. The third kappa shape index (κ3) is 3.20. The largest absolute Gasteiger partial charge is 0.416 e. The number of halogens is 4. The lowest BCUT2D eigenvalue weighted by atomic mass is 10.1. The Morgan fingerprint density at radius 1 is 1.27 bits per heavy atom. The van der Waals surface area contributed by atoms with E-state index in [2.05, 4.69) is 5.32 Å². The first kappa shape index (κ1) is 12.0. The van der Waals surface area contributed by atoms with Crippen LogP contribution in [0.4, 0.5) is 17.6 Å². The average molecular weight is 221 g/mol. The predicted octanol–water partition coefficient (Wildman–Crippen LogP) is 2.95. The Balaban J connectivity index is 2.95. The number of alkyl halides is 3. The fourth-order valence-corrected chi connectivity index (χ4v) is 1.15. The topological polar surface area (TPSA) is 12.0 Å². The fraction of sp³-hybridized carbons (Fsp3) is 0.400. The first-order valence-corrected chi connectivity index (χ1v) is 4.51. The first-order valence-electron chi connectivity index (χ1n) is 4.51. The van der Waals surface area contributed by atoms with E-state index in [0.29, 0.717) is 6.54 Å². The van der Waals surface area contributed by atoms with Crippen molar-refractivity contribution >= 4 is 0 Å². The molecule has 0 spiro atoms. The number of hydrogen-bond acceptors (Lipinski definition) is 1. The van der Waals surface area contributed by atoms with Crippen molar-refractivity contribution in [3.05, 3.63) is 35.1 Å². The lowest BCUT2D eigenvalue weighted by Gasteiger charge is -2.09. The smallest absolute Gasteiger partial charge is 0.313 e. The predicted molar refractivity (Wildman–Crippen MR) is 48.8 cm³/mol. The molecule has 1 nitrogen and oxygen atoms in total. The molecule has 84 valence electrons. The molecule has 1 N–H and O–H groups in total. The minimum atomic E-state index is -4.42. The van der Waals surface area contributed by atoms with Crippen molar-refractivity contribution in [2.24, 2.45) is 0 Å². The third-order valence-corrected chi connectivity index (χ3v) is 1.94. The van der Waals surface area contributed by atoms with E-state index >= 15 is 0 Å². The van der Waals surface area contributed by atoms with Gasteiger partial charge in [0.1, 0.15) is 5.82 Å². The molecule has 0 heterocycles. The zero-order valence-corrected chi connectivity index (χ0v) is 8.16. The number of benzene rings is 1. The third-order valence-electron chi connectivity index (χ3n) is 1.94. The molecule has 0 aliphatic carbocycles. The summed E-state index contributed by atoms with van der Waals surface area (Å²) >= 11 is 0. The van der Waals surface area contributed by atoms with Crippen molar-refractivity contribution < 1.29 is 17.6 Å². The molecule has 0 saturated heterocycles. The van der Waals surface area contributed by atoms with Crippen LogP contribution in [0.25, 0.3) is 0 Å². The van der Waals surface area contributed by atoms with Gasteiger partial charge in [0.05, 0.1) is 5.56 Å². The second-order valence-corrected chi connectivity index (χ2v) is 3.08. The van der Waals surface area contributed by atoms with Gasteiger partial charge in [-0.1, -0.05) is 6.92 Å². The van der Waals surface area contributed by atoms with Gasteiger partial charge in [-0.25, -0.2) is 4.39 Å². The zero-order chi connectivity index (χ0) is 11.5. The maximum absolute atomic E-state index is 13.1. The molecule has 5 heteroatoms. The van der Waals surface area contributed by atoms with Crippen LogP contribution in [-0.4, -0.2) is 6.54 Å². The molecule has 0 bridgehead atoms. The monoisotopic (exact) mass is 221 g/mol. The van der Waals surface area contributed by atoms with Crippen LogP contribution >= 0.6 is 0 Å². The van der Waals surface area contributed by atoms with E-state index in [9.17, 15) is 17.6 Å². The van der Waals surface area contributed by atoms with Crippen LogP contribution in [0.1, 0.15) is 18.1 Å². The molecule has 1 aromatic rings. The first-order chi connectivity index (χ1) is 6.95. The standard InChI is InChI=1S/C10H11F4N/c1-2-15-6-7-5-8(10(12,13)14)3-4-9(7)11/h3-5,15H,2,6H2,1H3. The van der Waals surface area contributed by atoms with Crippen molar-refractivity contribution in [3.63, 3.8) is 0 Å². The molecule has 0 amide bonds. The van der Waals surface area contributed by atoms with Crippen LogP contribution in [0, 0.1) is 5.82 Å². The number of nitrogens with one attached hydrogen (secondary N) is 1. The van der Waals surface area contributed by atoms with Crippen LogP contribution in [-0.2, 0) is 12.7 Å². The number of rotatable bonds is 3. The summed E-state index contributed by atoms with van der Waals surface area (Å²) < 4.78 is 49.9. The van der Waals surface area contributed by atoms with Gasteiger partial charge in [0.2, 0.25) is 0 Å². The summed E-state index contributed by atoms with van der Waals surface area (Å²) in [5.74, 6) is -0.621. The summed E-state index contributed by atoms with van der Waals surface area (Å²) in [6.45, 7) is 2.48. The van der Waals surface area contributed by atoms with Gasteiger partial charge in [-0.15, -0.1) is 0 Å². The van der Waals surface area contributed by atoms with Crippen molar-refractivity contribution in [3.8, 4) is 0 Å². The van der Waals surface area contributed by atoms with E-state index in [0.717, 1.165) is 18.2 Å². The minimum absolute atomic E-state index is 0.0340. The highest BCUT2D eigenvalue weighted by atomic mass is 19.4. The van der Waals surface area contributed by atoms with Gasteiger partial charge in [-0.05, 0) is 24.7 Å². The maximum Gasteiger partial charge on any atom is 0.416 e. The molecule has 0 radical (unpaired) electrons. The van der Waals surface area contributed by atoms with E-state index < -0.39 is 17.6 Å². The highest BCUT2D eigenvalue weighted by Crippen LogP contribution is 2.30. The molecule has 0 unspecified atom stereocenters. The molecule has 1 aromatic carbocycles. The van der Waals surface area contributed by atoms with E-state index in [4.69, 9.17) is 0 Å². The lowest BCUT2D eigenvalue weighted by molar-refractivity contribution is -0.137. The van der Waals surface area contributed by atoms with Crippen LogP contribution in [0.2, 0.25) is 0 Å². The average Bonchev–Trinajstić information content (AvgIpc) is 2.15. The quantitative estimate of drug-likeness (QED) is 0.774. The van der Waals surface area contributed by atoms with Gasteiger partial charge < -0.3 is 5.32 Å². The van der Waals surface area contributed by atoms with Gasteiger partial charge in [0.15, 0.2) is 0 Å². The second-order valence-electron chi connectivity index (χ2n) is 3.08. The Kier molecular flexibility index (Phi) is 3.68. The van der Waals surface area contributed by atoms with E-state index in [-0.39, 0.29) is 12.1 Å². The summed E-state index contributed by atoms with van der Waals surface area (Å²) in [7, 11) is 0. The molecular weight excluding hydrogens is 210 g/mol. The van der Waals surface area contributed by atoms with Gasteiger partial charge >= 0.3 is 6.18 Å². The molecule has 0 saturated carbocycles. The molecular formula is C10H11F4N. The second kappa shape index (κ2) is 4.61. The highest BCUT2D eigenvalue weighted by Gasteiger charge is 2.30. The van der Waals surface area contributed by atoms with Gasteiger partial charge in [0.25, 0.3) is 0 Å². The molecule has 0 aromatic heterocycles. The summed E-state index contributed by atoms with van der Waals surface area (Å²) in [5, 5.41) is 2.78. The van der Waals surface area contributed by atoms with Gasteiger partial charge in [-0.2, -0.15) is 13.2 Å². The Morgan fingerprint density at radius 2 is 1.93 bits per heavy atom. The SMILES string of the molecule is CCNCc1cc(C(F)(F)F)ccc1F. The Labute approximate surface area is 85.1 Å². The van der Waals surface area contributed by atoms with Crippen molar-refractivity contribution in [2.75, 3.05) is 6.54 Å². The van der Waals surface area contributed by atoms with Crippen LogP contribution in [0.15, 0.2) is 18.2 Å². The van der Waals surface area contributed by atoms with E-state index in [1.54, 1.807) is 6.92 Å². The molecule has 0 atom stereocenters. The summed E-state index contributed by atoms with van der Waals surface area (Å²) in [6.07, 6.45) is -4.42. The lowest BCUT2D eigenvalue weighted by Crippen LogP contribution is -2.14. The van der Waals surface area contributed by atoms with E-state index in [1.165, 1.54) is 0 Å². The van der Waals surface area contributed by atoms with Gasteiger partial charge in [-0.3, -0.25) is 0 Å².